The lowest BCUT2D eigenvalue weighted by molar-refractivity contribution is -0.132. The maximum Gasteiger partial charge on any atom is 0.223 e. The standard InChI is InChI=1S/C21H28N2O5/c1-27-16-7-2-4-14(10-16)12-22-20(25)11-17-8-9-18(19(13-24)28-17)23-21(26)15-5-3-6-15/h2,4,7-10,15,17-19,24H,3,5-6,11-13H2,1H3,(H,22,25)(H,23,26)/t17-,18-,19+/m1/s1. The normalized spacial score (nSPS) is 24.3. The zero-order valence-corrected chi connectivity index (χ0v) is 16.1. The van der Waals surface area contributed by atoms with E-state index >= 15 is 0 Å². The van der Waals surface area contributed by atoms with Gasteiger partial charge in [-0.2, -0.15) is 0 Å². The summed E-state index contributed by atoms with van der Waals surface area (Å²) in [4.78, 5) is 24.4. The highest BCUT2D eigenvalue weighted by molar-refractivity contribution is 5.80. The Morgan fingerprint density at radius 1 is 1.29 bits per heavy atom. The first kappa shape index (κ1) is 20.4. The lowest BCUT2D eigenvalue weighted by Crippen LogP contribution is -2.51. The summed E-state index contributed by atoms with van der Waals surface area (Å²) in [6.07, 6.45) is 5.70. The van der Waals surface area contributed by atoms with E-state index in [4.69, 9.17) is 9.47 Å². The molecule has 2 amide bonds. The van der Waals surface area contributed by atoms with Crippen LogP contribution in [0, 0.1) is 5.92 Å². The predicted octanol–water partition coefficient (Wildman–Crippen LogP) is 1.30. The Morgan fingerprint density at radius 2 is 2.11 bits per heavy atom. The minimum Gasteiger partial charge on any atom is -0.497 e. The van der Waals surface area contributed by atoms with Crippen molar-refractivity contribution in [3.8, 4) is 5.75 Å². The van der Waals surface area contributed by atoms with Gasteiger partial charge in [-0.15, -0.1) is 0 Å². The van der Waals surface area contributed by atoms with E-state index in [0.29, 0.717) is 6.54 Å². The zero-order chi connectivity index (χ0) is 19.9. The monoisotopic (exact) mass is 388 g/mol. The fraction of sp³-hybridized carbons (Fsp3) is 0.524. The van der Waals surface area contributed by atoms with E-state index in [9.17, 15) is 14.7 Å². The fourth-order valence-electron chi connectivity index (χ4n) is 3.33. The average molecular weight is 388 g/mol. The molecule has 3 N–H and O–H groups in total. The molecule has 0 bridgehead atoms. The summed E-state index contributed by atoms with van der Waals surface area (Å²) in [7, 11) is 1.60. The maximum atomic E-state index is 12.2. The van der Waals surface area contributed by atoms with Crippen molar-refractivity contribution in [1.29, 1.82) is 0 Å². The first-order chi connectivity index (χ1) is 13.6. The summed E-state index contributed by atoms with van der Waals surface area (Å²) in [5, 5.41) is 15.4. The van der Waals surface area contributed by atoms with Crippen LogP contribution < -0.4 is 15.4 Å². The van der Waals surface area contributed by atoms with Gasteiger partial charge in [0.15, 0.2) is 0 Å². The Labute approximate surface area is 165 Å². The second-order valence-electron chi connectivity index (χ2n) is 7.28. The topological polar surface area (TPSA) is 96.9 Å². The highest BCUT2D eigenvalue weighted by atomic mass is 16.5. The van der Waals surface area contributed by atoms with Gasteiger partial charge in [0.05, 0.1) is 32.3 Å². The predicted molar refractivity (Wildman–Crippen MR) is 104 cm³/mol. The van der Waals surface area contributed by atoms with E-state index in [2.05, 4.69) is 10.6 Å². The number of nitrogens with one attached hydrogen (secondary N) is 2. The molecule has 1 aliphatic carbocycles. The molecule has 28 heavy (non-hydrogen) atoms. The molecular formula is C21H28N2O5. The number of amides is 2. The molecule has 7 nitrogen and oxygen atoms in total. The molecule has 152 valence electrons. The van der Waals surface area contributed by atoms with Crippen LogP contribution in [0.2, 0.25) is 0 Å². The third-order valence-electron chi connectivity index (χ3n) is 5.26. The third-order valence-corrected chi connectivity index (χ3v) is 5.26. The van der Waals surface area contributed by atoms with E-state index in [1.165, 1.54) is 0 Å². The van der Waals surface area contributed by atoms with Gasteiger partial charge in [-0.05, 0) is 30.5 Å². The SMILES string of the molecule is COc1cccc(CNC(=O)C[C@H]2C=C[C@@H](NC(=O)C3CCC3)[C@H](CO)O2)c1. The smallest absolute Gasteiger partial charge is 0.223 e. The number of ether oxygens (including phenoxy) is 2. The molecule has 1 aromatic carbocycles. The van der Waals surface area contributed by atoms with Gasteiger partial charge < -0.3 is 25.2 Å². The van der Waals surface area contributed by atoms with Crippen LogP contribution in [0.3, 0.4) is 0 Å². The summed E-state index contributed by atoms with van der Waals surface area (Å²) in [6.45, 7) is 0.178. The summed E-state index contributed by atoms with van der Waals surface area (Å²) in [6, 6.07) is 7.14. The quantitative estimate of drug-likeness (QED) is 0.584. The Balaban J connectivity index is 1.47. The number of hydrogen-bond donors (Lipinski definition) is 3. The lowest BCUT2D eigenvalue weighted by atomic mass is 9.84. The Morgan fingerprint density at radius 3 is 2.79 bits per heavy atom. The van der Waals surface area contributed by atoms with E-state index in [1.54, 1.807) is 13.2 Å². The average Bonchev–Trinajstić information content (AvgIpc) is 2.66. The van der Waals surface area contributed by atoms with Crippen molar-refractivity contribution in [1.82, 2.24) is 10.6 Å². The van der Waals surface area contributed by atoms with Gasteiger partial charge in [-0.1, -0.05) is 30.7 Å². The summed E-state index contributed by atoms with van der Waals surface area (Å²) in [5.74, 6) is 0.683. The molecule has 0 aromatic heterocycles. The highest BCUT2D eigenvalue weighted by Gasteiger charge is 2.32. The highest BCUT2D eigenvalue weighted by Crippen LogP contribution is 2.27. The molecule has 1 aliphatic heterocycles. The number of aliphatic hydroxyl groups is 1. The van der Waals surface area contributed by atoms with Crippen LogP contribution in [-0.4, -0.2) is 48.9 Å². The Kier molecular flexibility index (Phi) is 7.06. The second-order valence-corrected chi connectivity index (χ2v) is 7.28. The number of benzene rings is 1. The zero-order valence-electron chi connectivity index (χ0n) is 16.1. The minimum atomic E-state index is -0.551. The number of carbonyl (C=O) groups excluding carboxylic acids is 2. The van der Waals surface area contributed by atoms with Crippen molar-refractivity contribution in [2.45, 2.75) is 50.5 Å². The van der Waals surface area contributed by atoms with Crippen molar-refractivity contribution in [3.63, 3.8) is 0 Å². The van der Waals surface area contributed by atoms with Crippen LogP contribution in [0.15, 0.2) is 36.4 Å². The van der Waals surface area contributed by atoms with E-state index in [0.717, 1.165) is 30.6 Å². The maximum absolute atomic E-state index is 12.2. The van der Waals surface area contributed by atoms with Gasteiger partial charge in [-0.25, -0.2) is 0 Å². The number of carbonyl (C=O) groups is 2. The van der Waals surface area contributed by atoms with Gasteiger partial charge in [0, 0.05) is 12.5 Å². The van der Waals surface area contributed by atoms with Crippen molar-refractivity contribution in [3.05, 3.63) is 42.0 Å². The molecule has 1 fully saturated rings. The van der Waals surface area contributed by atoms with Gasteiger partial charge in [0.2, 0.25) is 11.8 Å². The van der Waals surface area contributed by atoms with Crippen molar-refractivity contribution < 1.29 is 24.2 Å². The first-order valence-electron chi connectivity index (χ1n) is 9.73. The van der Waals surface area contributed by atoms with E-state index in [1.807, 2.05) is 30.3 Å². The molecule has 2 aliphatic rings. The molecule has 0 spiro atoms. The minimum absolute atomic E-state index is 0.0115. The molecule has 1 saturated carbocycles. The van der Waals surface area contributed by atoms with Gasteiger partial charge in [0.1, 0.15) is 11.9 Å². The summed E-state index contributed by atoms with van der Waals surface area (Å²) < 4.78 is 11.0. The number of aliphatic hydroxyl groups excluding tert-OH is 1. The van der Waals surface area contributed by atoms with Crippen LogP contribution in [-0.2, 0) is 20.9 Å². The molecule has 3 atom stereocenters. The van der Waals surface area contributed by atoms with Crippen molar-refractivity contribution in [2.75, 3.05) is 13.7 Å². The van der Waals surface area contributed by atoms with E-state index < -0.39 is 12.2 Å². The fourth-order valence-corrected chi connectivity index (χ4v) is 3.33. The Bertz CT molecular complexity index is 717. The second kappa shape index (κ2) is 9.71. The van der Waals surface area contributed by atoms with E-state index in [-0.39, 0.29) is 36.8 Å². The summed E-state index contributed by atoms with van der Waals surface area (Å²) in [5.41, 5.74) is 0.944. The molecule has 0 radical (unpaired) electrons. The first-order valence-corrected chi connectivity index (χ1v) is 9.73. The van der Waals surface area contributed by atoms with Crippen LogP contribution in [0.5, 0.6) is 5.75 Å². The molecule has 0 unspecified atom stereocenters. The third kappa shape index (κ3) is 5.33. The van der Waals surface area contributed by atoms with Crippen LogP contribution in [0.25, 0.3) is 0 Å². The molecular weight excluding hydrogens is 360 g/mol. The molecule has 7 heteroatoms. The van der Waals surface area contributed by atoms with Gasteiger partial charge in [0.25, 0.3) is 0 Å². The van der Waals surface area contributed by atoms with Gasteiger partial charge >= 0.3 is 0 Å². The molecule has 1 aromatic rings. The van der Waals surface area contributed by atoms with Gasteiger partial charge in [-0.3, -0.25) is 9.59 Å². The van der Waals surface area contributed by atoms with Crippen LogP contribution in [0.4, 0.5) is 0 Å². The number of methoxy groups -OCH3 is 1. The van der Waals surface area contributed by atoms with Crippen LogP contribution in [0.1, 0.15) is 31.2 Å². The van der Waals surface area contributed by atoms with Crippen LogP contribution >= 0.6 is 0 Å². The molecule has 3 rings (SSSR count). The summed E-state index contributed by atoms with van der Waals surface area (Å²) >= 11 is 0. The number of hydrogen-bond acceptors (Lipinski definition) is 5. The largest absolute Gasteiger partial charge is 0.497 e. The van der Waals surface area contributed by atoms with Crippen molar-refractivity contribution >= 4 is 11.8 Å². The molecule has 1 heterocycles. The molecule has 0 saturated heterocycles. The number of rotatable bonds is 8. The Hall–Kier alpha value is -2.38. The van der Waals surface area contributed by atoms with Crippen molar-refractivity contribution in [2.24, 2.45) is 5.92 Å². The lowest BCUT2D eigenvalue weighted by Gasteiger charge is -2.33.